The molecule has 0 saturated heterocycles. The SMILES string of the molecule is [2H]C([2H])([2H])N1[C]2=[Pt]=[C]3N(c4cccc(c4)N(c4ccc(N5c6cccc(c6)N6[C](=[Pt]=[C]7N(c8cccc5c8)c5ccccc5N7C([2H])([2H])[2H])N(C([2H])([2H])[2H])c5ccccc56)c(SC)c4)c4cccc(c4)N2c2ccccc21)c1ccccc1N3C([2H])([2H])[2H]. The fraction of sp³-hybridized carbons (Fsp3) is 0.0794. The number of nitrogens with zero attached hydrogens (tertiary/aromatic N) is 10. The molecule has 0 fully saturated rings. The van der Waals surface area contributed by atoms with Crippen molar-refractivity contribution in [1.29, 1.82) is 0 Å². The molecule has 15 rings (SSSR count). The van der Waals surface area contributed by atoms with E-state index in [4.69, 9.17) is 16.4 Å². The van der Waals surface area contributed by atoms with Crippen LogP contribution in [-0.2, 0) is 35.3 Å². The molecule has 13 heteroatoms. The van der Waals surface area contributed by atoms with Gasteiger partial charge in [-0.3, -0.25) is 0 Å². The van der Waals surface area contributed by atoms with Crippen LogP contribution in [0.4, 0.5) is 102 Å². The van der Waals surface area contributed by atoms with Gasteiger partial charge in [0.2, 0.25) is 0 Å². The van der Waals surface area contributed by atoms with Gasteiger partial charge in [-0.05, 0) is 0 Å². The van der Waals surface area contributed by atoms with Crippen LogP contribution in [0.1, 0.15) is 16.4 Å². The van der Waals surface area contributed by atoms with E-state index in [1.807, 2.05) is 171 Å². The van der Waals surface area contributed by atoms with Crippen molar-refractivity contribution in [3.8, 4) is 0 Å². The van der Waals surface area contributed by atoms with Crippen LogP contribution in [0.2, 0.25) is 0 Å². The van der Waals surface area contributed by atoms with Crippen LogP contribution >= 0.6 is 11.8 Å². The molecule has 0 aromatic heterocycles. The van der Waals surface area contributed by atoms with Crippen molar-refractivity contribution < 1.29 is 51.7 Å². The first-order chi connectivity index (χ1) is 42.2. The molecule has 6 heterocycles. The van der Waals surface area contributed by atoms with Crippen LogP contribution in [0.25, 0.3) is 0 Å². The summed E-state index contributed by atoms with van der Waals surface area (Å²) in [4.78, 5) is 18.8. The molecule has 378 valence electrons. The van der Waals surface area contributed by atoms with Crippen LogP contribution < -0.4 is 49.0 Å². The fourth-order valence-corrected chi connectivity index (χ4v) is 17.7. The molecule has 0 spiro atoms. The van der Waals surface area contributed by atoms with Gasteiger partial charge in [-0.15, -0.1) is 0 Å². The summed E-state index contributed by atoms with van der Waals surface area (Å²) in [6.07, 6.45) is 2.03. The standard InChI is InChI=1S/C63H50N10S.2Pt/c1-64-41-68(58-30-10-6-26-54(58)64)45-18-14-22-49(36-45)72(50-23-15-19-46(37-50)69-42-65(2)55-27-7-11-31-59(55)69)53-34-35-62(63(40-53)74-5)73(51-24-16-20-47(38-51)70-43-66(3)56-28-8-12-32-60(56)70)52-25-17-21-48(39-52)71-44-67(4)57-29-9-13-33-61(57)71;;/h6-40H,1-5H3;;/i1D3,2D3,3D3,4D3;;. The zero-order chi connectivity index (χ0) is 60.9. The van der Waals surface area contributed by atoms with E-state index in [1.54, 1.807) is 36.0 Å². The van der Waals surface area contributed by atoms with Crippen molar-refractivity contribution in [3.05, 3.63) is 212 Å². The number of thioether (sulfide) groups is 1. The first-order valence-corrected chi connectivity index (χ1v) is 30.1. The Bertz CT molecular complexity index is 4310. The molecule has 0 N–H and O–H groups in total. The van der Waals surface area contributed by atoms with Crippen molar-refractivity contribution in [2.45, 2.75) is 4.90 Å². The summed E-state index contributed by atoms with van der Waals surface area (Å²) >= 11 is -1.74. The zero-order valence-electron chi connectivity index (χ0n) is 52.2. The molecule has 6 aliphatic heterocycles. The van der Waals surface area contributed by atoms with Crippen LogP contribution in [0.3, 0.4) is 0 Å². The summed E-state index contributed by atoms with van der Waals surface area (Å²) < 4.78 is 111. The molecule has 0 aliphatic carbocycles. The Hall–Kier alpha value is -7.81. The maximum atomic E-state index is 9.07. The van der Waals surface area contributed by atoms with Gasteiger partial charge in [-0.25, -0.2) is 0 Å². The first-order valence-electron chi connectivity index (χ1n) is 30.3. The summed E-state index contributed by atoms with van der Waals surface area (Å²) in [7, 11) is 0. The Balaban J connectivity index is 0.951. The first kappa shape index (κ1) is 34.7. The second-order valence-corrected chi connectivity index (χ2v) is 24.4. The fourth-order valence-electron chi connectivity index (χ4n) is 10.8. The Labute approximate surface area is 480 Å². The summed E-state index contributed by atoms with van der Waals surface area (Å²) in [5.74, 6) is 0. The molecule has 0 amide bonds. The predicted octanol–water partition coefficient (Wildman–Crippen LogP) is 14.2. The minimum absolute atomic E-state index is 0.467. The molecular weight excluding hydrogens is 1320 g/mol. The van der Waals surface area contributed by atoms with Crippen molar-refractivity contribution >= 4 is 131 Å². The molecule has 9 aromatic carbocycles. The number of para-hydroxylation sites is 8. The van der Waals surface area contributed by atoms with E-state index in [0.29, 0.717) is 84.8 Å². The van der Waals surface area contributed by atoms with Gasteiger partial charge in [0.25, 0.3) is 0 Å². The summed E-state index contributed by atoms with van der Waals surface area (Å²) in [5, 5.41) is 0. The molecule has 0 radical (unpaired) electrons. The van der Waals surface area contributed by atoms with Gasteiger partial charge in [0.15, 0.2) is 0 Å². The maximum absolute atomic E-state index is 9.07. The molecular formula is C63H50N10Pt2S. The Kier molecular flexibility index (Phi) is 8.05. The van der Waals surface area contributed by atoms with Crippen LogP contribution in [0.5, 0.6) is 0 Å². The summed E-state index contributed by atoms with van der Waals surface area (Å²) in [6, 6.07) is 68.1. The molecule has 9 aromatic rings. The predicted molar refractivity (Wildman–Crippen MR) is 316 cm³/mol. The quantitative estimate of drug-likeness (QED) is 0.159. The van der Waals surface area contributed by atoms with E-state index in [-0.39, 0.29) is 0 Å². The molecule has 0 saturated carbocycles. The Morgan fingerprint density at radius 1 is 0.276 bits per heavy atom. The average Bonchev–Trinajstić information content (AvgIpc) is 1.62. The van der Waals surface area contributed by atoms with Crippen LogP contribution in [0, 0.1) is 0 Å². The Morgan fingerprint density at radius 2 is 0.553 bits per heavy atom. The van der Waals surface area contributed by atoms with Crippen molar-refractivity contribution in [2.24, 2.45) is 0 Å². The average molecular weight is 1380 g/mol. The minimum atomic E-state index is -2.64. The normalized spacial score (nSPS) is 19.0. The topological polar surface area (TPSA) is 32.4 Å². The van der Waals surface area contributed by atoms with E-state index >= 15 is 0 Å². The summed E-state index contributed by atoms with van der Waals surface area (Å²) in [5.41, 5.74) is 12.0. The third-order valence-corrected chi connectivity index (χ3v) is 21.0. The van der Waals surface area contributed by atoms with E-state index in [1.165, 1.54) is 19.6 Å². The number of hydrogen-bond donors (Lipinski definition) is 0. The van der Waals surface area contributed by atoms with Gasteiger partial charge in [0.05, 0.1) is 0 Å². The third-order valence-electron chi connectivity index (χ3n) is 14.1. The molecule has 10 nitrogen and oxygen atoms in total. The van der Waals surface area contributed by atoms with E-state index < -0.39 is 63.2 Å². The van der Waals surface area contributed by atoms with Gasteiger partial charge in [-0.2, -0.15) is 0 Å². The van der Waals surface area contributed by atoms with Gasteiger partial charge < -0.3 is 0 Å². The van der Waals surface area contributed by atoms with Crippen molar-refractivity contribution in [1.82, 2.24) is 0 Å². The monoisotopic (exact) mass is 1380 g/mol. The molecule has 6 aliphatic rings. The van der Waals surface area contributed by atoms with Crippen molar-refractivity contribution in [2.75, 3.05) is 83.2 Å². The number of rotatable bonds is 3. The molecule has 0 unspecified atom stereocenters. The van der Waals surface area contributed by atoms with Crippen molar-refractivity contribution in [3.63, 3.8) is 0 Å². The molecule has 76 heavy (non-hydrogen) atoms. The van der Waals surface area contributed by atoms with E-state index in [0.717, 1.165) is 39.0 Å². The van der Waals surface area contributed by atoms with Gasteiger partial charge in [0.1, 0.15) is 0 Å². The number of benzene rings is 9. The van der Waals surface area contributed by atoms with Gasteiger partial charge in [0, 0.05) is 0 Å². The number of fused-ring (bicyclic) bond motifs is 24. The Morgan fingerprint density at radius 3 is 0.855 bits per heavy atom. The number of hydrogen-bond acceptors (Lipinski definition) is 11. The number of anilines is 18. The summed E-state index contributed by atoms with van der Waals surface area (Å²) in [6.45, 7) is -10.6. The van der Waals surface area contributed by atoms with Crippen LogP contribution in [-0.4, -0.2) is 50.7 Å². The van der Waals surface area contributed by atoms with Gasteiger partial charge in [-0.1, -0.05) is 0 Å². The second-order valence-electron chi connectivity index (χ2n) is 18.4. The molecule has 8 bridgehead atoms. The molecule has 0 atom stereocenters. The van der Waals surface area contributed by atoms with E-state index in [9.17, 15) is 0 Å². The third kappa shape index (κ3) is 6.81. The van der Waals surface area contributed by atoms with Crippen LogP contribution in [0.15, 0.2) is 217 Å². The zero-order valence-corrected chi connectivity index (χ0v) is 45.6. The second kappa shape index (κ2) is 17.6. The van der Waals surface area contributed by atoms with E-state index in [2.05, 4.69) is 52.3 Å². The van der Waals surface area contributed by atoms with Gasteiger partial charge >= 0.3 is 483 Å².